The topological polar surface area (TPSA) is 187 Å². The first kappa shape index (κ1) is 28.4. The maximum atomic E-state index is 13.3. The molecule has 4 rings (SSSR count). The highest BCUT2D eigenvalue weighted by atomic mass is 32.1. The maximum absolute atomic E-state index is 13.3. The predicted octanol–water partition coefficient (Wildman–Crippen LogP) is 1.90. The summed E-state index contributed by atoms with van der Waals surface area (Å²) in [5.74, 6) is -1.95. The number of nitrogens with one attached hydrogen (secondary N) is 2. The average Bonchev–Trinajstić information content (AvgIpc) is 3.59. The van der Waals surface area contributed by atoms with E-state index in [1.165, 1.54) is 24.2 Å². The van der Waals surface area contributed by atoms with Gasteiger partial charge in [-0.1, -0.05) is 30.5 Å². The Morgan fingerprint density at radius 3 is 2.62 bits per heavy atom. The Kier molecular flexibility index (Phi) is 8.90. The number of carbonyl (C=O) groups excluding carboxylic acids is 4. The zero-order valence-corrected chi connectivity index (χ0v) is 22.9. The van der Waals surface area contributed by atoms with Crippen molar-refractivity contribution in [1.29, 1.82) is 0 Å². The van der Waals surface area contributed by atoms with Crippen LogP contribution in [-0.2, 0) is 28.7 Å². The monoisotopic (exact) mass is 587 g/mol. The van der Waals surface area contributed by atoms with E-state index in [9.17, 15) is 19.2 Å². The number of β-lactam (4-membered cyclic amide) rings is 1. The summed E-state index contributed by atoms with van der Waals surface area (Å²) >= 11 is 2.24. The van der Waals surface area contributed by atoms with E-state index in [0.29, 0.717) is 24.1 Å². The summed E-state index contributed by atoms with van der Waals surface area (Å²) < 4.78 is 10.2. The molecule has 2 atom stereocenters. The third-order valence-corrected chi connectivity index (χ3v) is 7.20. The number of allylic oxidation sites excluding steroid dienone is 1. The van der Waals surface area contributed by atoms with Gasteiger partial charge in [0.25, 0.3) is 11.8 Å². The first-order chi connectivity index (χ1) is 19.3. The predicted molar refractivity (Wildman–Crippen MR) is 147 cm³/mol. The van der Waals surface area contributed by atoms with E-state index in [4.69, 9.17) is 20.0 Å². The maximum Gasteiger partial charge on any atom is 0.413 e. The van der Waals surface area contributed by atoms with Gasteiger partial charge >= 0.3 is 12.1 Å². The number of amides is 3. The SMILES string of the molecule is C=CCOC(=O)Nc1nc(C2=C(C(=O)OCC=C)N3C(=O)[C@@H](NC(=O)/C(=N\OC)c4csc(N)n4)[C@H]3CC2)cs1. The number of fused-ring (bicyclic) bond motifs is 1. The number of oxime groups is 1. The fraction of sp³-hybridized carbons (Fsp3) is 0.292. The first-order valence-electron chi connectivity index (χ1n) is 11.8. The fourth-order valence-corrected chi connectivity index (χ4v) is 5.39. The van der Waals surface area contributed by atoms with Crippen molar-refractivity contribution in [2.24, 2.45) is 5.16 Å². The highest BCUT2D eigenvalue weighted by Crippen LogP contribution is 2.41. The molecule has 1 fully saturated rings. The van der Waals surface area contributed by atoms with E-state index in [-0.39, 0.29) is 40.6 Å². The Morgan fingerprint density at radius 2 is 1.95 bits per heavy atom. The Morgan fingerprint density at radius 1 is 1.20 bits per heavy atom. The van der Waals surface area contributed by atoms with Gasteiger partial charge < -0.3 is 25.4 Å². The lowest BCUT2D eigenvalue weighted by Gasteiger charge is -2.50. The molecule has 0 saturated carbocycles. The number of nitrogen functional groups attached to an aromatic ring is 1. The molecule has 2 aliphatic heterocycles. The molecular weight excluding hydrogens is 562 g/mol. The normalized spacial score (nSPS) is 18.3. The number of hydrogen-bond donors (Lipinski definition) is 3. The number of ether oxygens (including phenoxy) is 2. The molecule has 0 unspecified atom stereocenters. The fourth-order valence-electron chi connectivity index (χ4n) is 4.13. The van der Waals surface area contributed by atoms with Crippen LogP contribution in [0.4, 0.5) is 15.1 Å². The summed E-state index contributed by atoms with van der Waals surface area (Å²) in [5, 5.41) is 12.6. The van der Waals surface area contributed by atoms with E-state index >= 15 is 0 Å². The zero-order valence-electron chi connectivity index (χ0n) is 21.2. The first-order valence-corrected chi connectivity index (χ1v) is 13.5. The van der Waals surface area contributed by atoms with Gasteiger partial charge in [-0.2, -0.15) is 0 Å². The number of carbonyl (C=O) groups is 4. The van der Waals surface area contributed by atoms with Crippen molar-refractivity contribution in [2.75, 3.05) is 31.4 Å². The molecule has 14 nitrogen and oxygen atoms in total. The number of aromatic nitrogens is 2. The highest BCUT2D eigenvalue weighted by molar-refractivity contribution is 7.14. The van der Waals surface area contributed by atoms with E-state index in [1.54, 1.807) is 10.8 Å². The Labute approximate surface area is 236 Å². The molecule has 0 spiro atoms. The molecule has 1 saturated heterocycles. The second-order valence-electron chi connectivity index (χ2n) is 8.22. The number of rotatable bonds is 11. The molecule has 4 N–H and O–H groups in total. The number of anilines is 2. The molecule has 2 aromatic rings. The number of nitrogens with zero attached hydrogens (tertiary/aromatic N) is 4. The summed E-state index contributed by atoms with van der Waals surface area (Å²) in [6.45, 7) is 6.98. The van der Waals surface area contributed by atoms with Crippen molar-refractivity contribution >= 4 is 68.1 Å². The molecule has 4 heterocycles. The molecule has 0 aromatic carbocycles. The van der Waals surface area contributed by atoms with E-state index in [1.807, 2.05) is 0 Å². The number of nitrogens with two attached hydrogens (primary N) is 1. The van der Waals surface area contributed by atoms with Crippen molar-refractivity contribution in [3.05, 3.63) is 53.2 Å². The molecule has 3 amide bonds. The van der Waals surface area contributed by atoms with Crippen LogP contribution in [0.15, 0.2) is 46.9 Å². The van der Waals surface area contributed by atoms with Gasteiger partial charge in [-0.15, -0.1) is 22.7 Å². The standard InChI is InChI=1S/C24H25N7O7S2/c1-4-8-37-21(34)18-12(13-10-40-23(27-13)29-24(35)38-9-5-2)6-7-15-17(20(33)31(15)18)28-19(32)16(30-36-3)14-11-39-22(25)26-14/h4-5,10-11,15,17H,1-2,6-9H2,3H3,(H2,25,26)(H,28,32)(H,27,29,35)/b30-16-/t15-,17+/m1/s1. The van der Waals surface area contributed by atoms with Crippen LogP contribution in [0.3, 0.4) is 0 Å². The Hall–Kier alpha value is -4.57. The molecule has 0 bridgehead atoms. The molecule has 0 aliphatic carbocycles. The van der Waals surface area contributed by atoms with Crippen molar-refractivity contribution in [3.8, 4) is 0 Å². The summed E-state index contributed by atoms with van der Waals surface area (Å²) in [7, 11) is 1.28. The molecule has 0 radical (unpaired) electrons. The summed E-state index contributed by atoms with van der Waals surface area (Å²) in [4.78, 5) is 65.8. The zero-order chi connectivity index (χ0) is 28.8. The quantitative estimate of drug-likeness (QED) is 0.115. The van der Waals surface area contributed by atoms with Crippen molar-refractivity contribution in [2.45, 2.75) is 24.9 Å². The molecule has 40 heavy (non-hydrogen) atoms. The minimum atomic E-state index is -0.929. The summed E-state index contributed by atoms with van der Waals surface area (Å²) in [5.41, 5.74) is 6.60. The Balaban J connectivity index is 1.57. The molecule has 2 aromatic heterocycles. The van der Waals surface area contributed by atoms with Crippen LogP contribution in [0.25, 0.3) is 5.57 Å². The van der Waals surface area contributed by atoms with Crippen LogP contribution in [-0.4, -0.2) is 76.9 Å². The van der Waals surface area contributed by atoms with Crippen LogP contribution in [0, 0.1) is 0 Å². The lowest BCUT2D eigenvalue weighted by Crippen LogP contribution is -2.72. The van der Waals surface area contributed by atoms with Crippen LogP contribution < -0.4 is 16.4 Å². The molecule has 16 heteroatoms. The second kappa shape index (κ2) is 12.5. The van der Waals surface area contributed by atoms with Crippen LogP contribution in [0.1, 0.15) is 24.2 Å². The smallest absolute Gasteiger partial charge is 0.413 e. The summed E-state index contributed by atoms with van der Waals surface area (Å²) in [6, 6.07) is -1.46. The van der Waals surface area contributed by atoms with Gasteiger partial charge in [-0.25, -0.2) is 19.6 Å². The number of hydrogen-bond acceptors (Lipinski definition) is 13. The van der Waals surface area contributed by atoms with Crippen molar-refractivity contribution in [1.82, 2.24) is 20.2 Å². The minimum absolute atomic E-state index is 0.0118. The van der Waals surface area contributed by atoms with Gasteiger partial charge in [-0.3, -0.25) is 19.8 Å². The minimum Gasteiger partial charge on any atom is -0.457 e. The third kappa shape index (κ3) is 5.86. The van der Waals surface area contributed by atoms with Gasteiger partial charge in [-0.05, 0) is 12.8 Å². The molecular formula is C24H25N7O7S2. The lowest BCUT2D eigenvalue weighted by molar-refractivity contribution is -0.156. The lowest BCUT2D eigenvalue weighted by atomic mass is 9.82. The second-order valence-corrected chi connectivity index (χ2v) is 9.97. The Bertz CT molecular complexity index is 1410. The summed E-state index contributed by atoms with van der Waals surface area (Å²) in [6.07, 6.45) is 2.87. The van der Waals surface area contributed by atoms with Crippen LogP contribution >= 0.6 is 22.7 Å². The van der Waals surface area contributed by atoms with Gasteiger partial charge in [0.1, 0.15) is 37.8 Å². The average molecular weight is 588 g/mol. The molecule has 210 valence electrons. The van der Waals surface area contributed by atoms with Gasteiger partial charge in [0.2, 0.25) is 0 Å². The van der Waals surface area contributed by atoms with Gasteiger partial charge in [0.15, 0.2) is 16.0 Å². The largest absolute Gasteiger partial charge is 0.457 e. The van der Waals surface area contributed by atoms with Crippen LogP contribution in [0.2, 0.25) is 0 Å². The number of esters is 1. The van der Waals surface area contributed by atoms with E-state index in [2.05, 4.69) is 38.9 Å². The third-order valence-electron chi connectivity index (χ3n) is 5.77. The number of thiazole rings is 2. The molecule has 2 aliphatic rings. The van der Waals surface area contributed by atoms with Crippen LogP contribution in [0.5, 0.6) is 0 Å². The van der Waals surface area contributed by atoms with Gasteiger partial charge in [0, 0.05) is 16.3 Å². The van der Waals surface area contributed by atoms with Crippen molar-refractivity contribution in [3.63, 3.8) is 0 Å². The van der Waals surface area contributed by atoms with E-state index < -0.39 is 36.0 Å². The van der Waals surface area contributed by atoms with Gasteiger partial charge in [0.05, 0.1) is 11.7 Å². The van der Waals surface area contributed by atoms with E-state index in [0.717, 1.165) is 22.7 Å². The van der Waals surface area contributed by atoms with Crippen molar-refractivity contribution < 1.29 is 33.5 Å². The highest BCUT2D eigenvalue weighted by Gasteiger charge is 2.54.